The van der Waals surface area contributed by atoms with E-state index < -0.39 is 10.9 Å². The molecule has 0 bridgehead atoms. The number of non-ortho nitro benzene ring substituents is 1. The van der Waals surface area contributed by atoms with Crippen molar-refractivity contribution in [1.82, 2.24) is 0 Å². The van der Waals surface area contributed by atoms with Crippen LogP contribution in [0.3, 0.4) is 0 Å². The maximum atomic E-state index is 10.7. The lowest BCUT2D eigenvalue weighted by Gasteiger charge is -1.95. The predicted octanol–water partition coefficient (Wildman–Crippen LogP) is 1.22. The minimum Gasteiger partial charge on any atom is -0.296 e. The van der Waals surface area contributed by atoms with Gasteiger partial charge in [0.1, 0.15) is 0 Å². The topological polar surface area (TPSA) is 89.7 Å². The standard InChI is InChI=1S/C7H5NO5/c9-7(13-12)5-1-3-6(4-2-5)8(10)11/h1-4,12H. The number of rotatable bonds is 2. The Balaban J connectivity index is 2.93. The molecule has 0 fully saturated rings. The first-order chi connectivity index (χ1) is 6.15. The van der Waals surface area contributed by atoms with Crippen molar-refractivity contribution in [3.63, 3.8) is 0 Å². The van der Waals surface area contributed by atoms with Gasteiger partial charge in [0.15, 0.2) is 0 Å². The molecule has 0 aliphatic heterocycles. The van der Waals surface area contributed by atoms with Gasteiger partial charge in [0.05, 0.1) is 10.5 Å². The Morgan fingerprint density at radius 2 is 1.92 bits per heavy atom. The van der Waals surface area contributed by atoms with Gasteiger partial charge < -0.3 is 0 Å². The van der Waals surface area contributed by atoms with Crippen LogP contribution in [0.5, 0.6) is 0 Å². The lowest BCUT2D eigenvalue weighted by atomic mass is 10.2. The molecule has 1 N–H and O–H groups in total. The number of nitro benzene ring substituents is 1. The number of nitrogens with zero attached hydrogens (tertiary/aromatic N) is 1. The first-order valence-corrected chi connectivity index (χ1v) is 3.25. The van der Waals surface area contributed by atoms with E-state index in [1.807, 2.05) is 0 Å². The van der Waals surface area contributed by atoms with E-state index in [1.165, 1.54) is 12.1 Å². The molecule has 0 amide bonds. The molecule has 0 aliphatic rings. The fourth-order valence-electron chi connectivity index (χ4n) is 0.772. The average molecular weight is 183 g/mol. The van der Waals surface area contributed by atoms with Crippen molar-refractivity contribution in [2.75, 3.05) is 0 Å². The van der Waals surface area contributed by atoms with Crippen molar-refractivity contribution < 1.29 is 19.9 Å². The van der Waals surface area contributed by atoms with E-state index in [0.717, 1.165) is 12.1 Å². The maximum absolute atomic E-state index is 10.7. The molecule has 68 valence electrons. The van der Waals surface area contributed by atoms with Crippen LogP contribution in [0.2, 0.25) is 0 Å². The van der Waals surface area contributed by atoms with E-state index in [0.29, 0.717) is 0 Å². The minimum absolute atomic E-state index is 0.0492. The van der Waals surface area contributed by atoms with E-state index in [-0.39, 0.29) is 11.3 Å². The third-order valence-electron chi connectivity index (χ3n) is 1.40. The highest BCUT2D eigenvalue weighted by molar-refractivity contribution is 5.89. The quantitative estimate of drug-likeness (QED) is 0.423. The smallest absolute Gasteiger partial charge is 0.296 e. The van der Waals surface area contributed by atoms with Crippen LogP contribution in [-0.2, 0) is 4.89 Å². The van der Waals surface area contributed by atoms with Gasteiger partial charge in [0.2, 0.25) is 0 Å². The van der Waals surface area contributed by atoms with Crippen molar-refractivity contribution in [3.8, 4) is 0 Å². The molecule has 0 atom stereocenters. The highest BCUT2D eigenvalue weighted by Crippen LogP contribution is 2.12. The van der Waals surface area contributed by atoms with Crippen molar-refractivity contribution in [3.05, 3.63) is 39.9 Å². The Morgan fingerprint density at radius 1 is 1.38 bits per heavy atom. The van der Waals surface area contributed by atoms with Gasteiger partial charge in [-0.15, -0.1) is 0 Å². The predicted molar refractivity (Wildman–Crippen MR) is 41.1 cm³/mol. The summed E-state index contributed by atoms with van der Waals surface area (Å²) in [5.41, 5.74) is -0.0809. The fourth-order valence-corrected chi connectivity index (χ4v) is 0.772. The number of carbonyl (C=O) groups excluding carboxylic acids is 1. The SMILES string of the molecule is O=C(OO)c1ccc([N+](=O)[O-])cc1. The van der Waals surface area contributed by atoms with E-state index in [9.17, 15) is 14.9 Å². The number of hydrogen-bond donors (Lipinski definition) is 1. The zero-order valence-corrected chi connectivity index (χ0v) is 6.34. The van der Waals surface area contributed by atoms with Crippen LogP contribution >= 0.6 is 0 Å². The monoisotopic (exact) mass is 183 g/mol. The summed E-state index contributed by atoms with van der Waals surface area (Å²) in [7, 11) is 0. The average Bonchev–Trinajstić information content (AvgIpc) is 2.17. The Bertz CT molecular complexity index is 331. The van der Waals surface area contributed by atoms with Crippen molar-refractivity contribution in [1.29, 1.82) is 0 Å². The highest BCUT2D eigenvalue weighted by atomic mass is 17.1. The summed E-state index contributed by atoms with van der Waals surface area (Å²) in [6.07, 6.45) is 0. The Hall–Kier alpha value is -1.95. The first kappa shape index (κ1) is 9.14. The fraction of sp³-hybridized carbons (Fsp3) is 0. The molecule has 0 aromatic heterocycles. The lowest BCUT2D eigenvalue weighted by Crippen LogP contribution is -2.01. The molecule has 1 rings (SSSR count). The Labute approximate surface area is 72.4 Å². The lowest BCUT2D eigenvalue weighted by molar-refractivity contribution is -0.384. The van der Waals surface area contributed by atoms with Crippen molar-refractivity contribution in [2.24, 2.45) is 0 Å². The van der Waals surface area contributed by atoms with E-state index in [1.54, 1.807) is 0 Å². The van der Waals surface area contributed by atoms with Crippen LogP contribution in [-0.4, -0.2) is 16.1 Å². The second-order valence-corrected chi connectivity index (χ2v) is 2.18. The van der Waals surface area contributed by atoms with Gasteiger partial charge >= 0.3 is 5.97 Å². The number of nitro groups is 1. The molecule has 0 heterocycles. The van der Waals surface area contributed by atoms with Crippen LogP contribution in [0.1, 0.15) is 10.4 Å². The van der Waals surface area contributed by atoms with Gasteiger partial charge in [-0.3, -0.25) is 15.0 Å². The molecule has 0 spiro atoms. The van der Waals surface area contributed by atoms with Crippen LogP contribution < -0.4 is 0 Å². The molecule has 0 saturated carbocycles. The molecular weight excluding hydrogens is 178 g/mol. The van der Waals surface area contributed by atoms with Crippen LogP contribution in [0, 0.1) is 10.1 Å². The summed E-state index contributed by atoms with van der Waals surface area (Å²) in [5, 5.41) is 18.2. The van der Waals surface area contributed by atoms with Crippen LogP contribution in [0.4, 0.5) is 5.69 Å². The molecule has 13 heavy (non-hydrogen) atoms. The first-order valence-electron chi connectivity index (χ1n) is 3.25. The van der Waals surface area contributed by atoms with E-state index >= 15 is 0 Å². The number of carbonyl (C=O) groups is 1. The van der Waals surface area contributed by atoms with Crippen molar-refractivity contribution >= 4 is 11.7 Å². The maximum Gasteiger partial charge on any atom is 0.372 e. The summed E-state index contributed by atoms with van der Waals surface area (Å²) in [4.78, 5) is 23.7. The number of hydrogen-bond acceptors (Lipinski definition) is 5. The molecule has 0 unspecified atom stereocenters. The minimum atomic E-state index is -0.949. The van der Waals surface area contributed by atoms with Gasteiger partial charge in [0, 0.05) is 12.1 Å². The molecule has 0 radical (unpaired) electrons. The second-order valence-electron chi connectivity index (χ2n) is 2.18. The van der Waals surface area contributed by atoms with Gasteiger partial charge in [-0.25, -0.2) is 4.79 Å². The molecule has 6 heteroatoms. The summed E-state index contributed by atoms with van der Waals surface area (Å²) >= 11 is 0. The van der Waals surface area contributed by atoms with Gasteiger partial charge in [-0.1, -0.05) is 0 Å². The zero-order valence-electron chi connectivity index (χ0n) is 6.34. The van der Waals surface area contributed by atoms with E-state index in [2.05, 4.69) is 4.89 Å². The summed E-state index contributed by atoms with van der Waals surface area (Å²) in [6, 6.07) is 4.67. The molecule has 1 aromatic rings. The number of benzene rings is 1. The Morgan fingerprint density at radius 3 is 2.31 bits per heavy atom. The van der Waals surface area contributed by atoms with Gasteiger partial charge in [-0.2, -0.15) is 5.26 Å². The zero-order chi connectivity index (χ0) is 9.84. The van der Waals surface area contributed by atoms with Crippen LogP contribution in [0.15, 0.2) is 24.3 Å². The van der Waals surface area contributed by atoms with E-state index in [4.69, 9.17) is 5.26 Å². The third-order valence-corrected chi connectivity index (χ3v) is 1.40. The molecule has 1 aromatic carbocycles. The summed E-state index contributed by atoms with van der Waals surface area (Å²) in [6.45, 7) is 0. The normalized spacial score (nSPS) is 9.31. The Kier molecular flexibility index (Phi) is 2.56. The summed E-state index contributed by atoms with van der Waals surface area (Å²) < 4.78 is 0. The third kappa shape index (κ3) is 2.00. The van der Waals surface area contributed by atoms with Crippen LogP contribution in [0.25, 0.3) is 0 Å². The molecule has 0 saturated heterocycles. The van der Waals surface area contributed by atoms with Crippen molar-refractivity contribution in [2.45, 2.75) is 0 Å². The molecule has 6 nitrogen and oxygen atoms in total. The van der Waals surface area contributed by atoms with Gasteiger partial charge in [-0.05, 0) is 12.1 Å². The highest BCUT2D eigenvalue weighted by Gasteiger charge is 2.09. The molecule has 0 aliphatic carbocycles. The largest absolute Gasteiger partial charge is 0.372 e. The molecular formula is C7H5NO5. The summed E-state index contributed by atoms with van der Waals surface area (Å²) in [5.74, 6) is -0.949. The van der Waals surface area contributed by atoms with Gasteiger partial charge in [0.25, 0.3) is 5.69 Å². The second kappa shape index (κ2) is 3.63.